The lowest BCUT2D eigenvalue weighted by molar-refractivity contribution is 0.136. The van der Waals surface area contributed by atoms with Crippen LogP contribution in [0.2, 0.25) is 0 Å². The average Bonchev–Trinajstić information content (AvgIpc) is 2.76. The van der Waals surface area contributed by atoms with Crippen LogP contribution >= 0.6 is 0 Å². The summed E-state index contributed by atoms with van der Waals surface area (Å²) in [5, 5.41) is 17.2. The third-order valence-electron chi connectivity index (χ3n) is 6.03. The van der Waals surface area contributed by atoms with Gasteiger partial charge in [-0.15, -0.1) is 0 Å². The van der Waals surface area contributed by atoms with E-state index >= 15 is 0 Å². The normalized spacial score (nSPS) is 17.5. The molecule has 3 N–H and O–H groups in total. The second-order valence-corrected chi connectivity index (χ2v) is 9.52. The number of rotatable bonds is 10. The quantitative estimate of drug-likeness (QED) is 0.302. The molecule has 1 saturated heterocycles. The van der Waals surface area contributed by atoms with Crippen LogP contribution in [-0.2, 0) is 5.41 Å². The zero-order valence-corrected chi connectivity index (χ0v) is 20.5. The van der Waals surface area contributed by atoms with E-state index < -0.39 is 6.10 Å². The number of aliphatic imine (C=N–C) groups is 1. The van der Waals surface area contributed by atoms with E-state index in [2.05, 4.69) is 72.2 Å². The highest BCUT2D eigenvalue weighted by atomic mass is 16.3. The number of hydrogen-bond acceptors (Lipinski definition) is 4. The second kappa shape index (κ2) is 13.0. The number of unbranched alkanes of at least 4 members (excludes halogenated alkanes) is 1. The third kappa shape index (κ3) is 9.17. The van der Waals surface area contributed by atoms with Gasteiger partial charge in [-0.3, -0.25) is 4.99 Å². The summed E-state index contributed by atoms with van der Waals surface area (Å²) in [5.41, 5.74) is 2.30. The molecule has 176 valence electrons. The van der Waals surface area contributed by atoms with Crippen LogP contribution in [0.1, 0.15) is 64.7 Å². The van der Waals surface area contributed by atoms with E-state index in [0.717, 1.165) is 31.0 Å². The van der Waals surface area contributed by atoms with Crippen LogP contribution in [0.3, 0.4) is 0 Å². The molecule has 0 radical (unpaired) electrons. The van der Waals surface area contributed by atoms with Gasteiger partial charge in [0.25, 0.3) is 0 Å². The first-order chi connectivity index (χ1) is 14.8. The summed E-state index contributed by atoms with van der Waals surface area (Å²) >= 11 is 0. The number of likely N-dealkylation sites (N-methyl/N-ethyl adjacent to an activating group) is 1. The summed E-state index contributed by atoms with van der Waals surface area (Å²) < 4.78 is 0. The van der Waals surface area contributed by atoms with Gasteiger partial charge in [0, 0.05) is 39.3 Å². The number of benzene rings is 1. The fourth-order valence-electron chi connectivity index (χ4n) is 3.83. The van der Waals surface area contributed by atoms with Gasteiger partial charge in [-0.05, 0) is 49.4 Å². The van der Waals surface area contributed by atoms with Crippen LogP contribution in [0.5, 0.6) is 0 Å². The highest BCUT2D eigenvalue weighted by Crippen LogP contribution is 2.24. The fourth-order valence-corrected chi connectivity index (χ4v) is 3.83. The maximum absolute atomic E-state index is 10.6. The monoisotopic (exact) mass is 431 g/mol. The smallest absolute Gasteiger partial charge is 0.191 e. The number of nitrogens with zero attached hydrogens (tertiary/aromatic N) is 3. The molecule has 0 aliphatic carbocycles. The molecule has 1 atom stereocenters. The molecule has 6 heteroatoms. The number of piperazine rings is 1. The summed E-state index contributed by atoms with van der Waals surface area (Å²) in [4.78, 5) is 9.69. The van der Waals surface area contributed by atoms with E-state index in [0.29, 0.717) is 6.54 Å². The van der Waals surface area contributed by atoms with E-state index in [-0.39, 0.29) is 5.41 Å². The van der Waals surface area contributed by atoms with E-state index in [9.17, 15) is 5.11 Å². The topological polar surface area (TPSA) is 63.1 Å². The van der Waals surface area contributed by atoms with E-state index in [1.54, 1.807) is 0 Å². The first kappa shape index (κ1) is 25.6. The fraction of sp³-hybridized carbons (Fsp3) is 0.720. The minimum Gasteiger partial charge on any atom is -0.386 e. The number of nitrogens with one attached hydrogen (secondary N) is 2. The zero-order chi connectivity index (χ0) is 22.7. The van der Waals surface area contributed by atoms with E-state index in [1.807, 2.05) is 12.1 Å². The van der Waals surface area contributed by atoms with E-state index in [1.165, 1.54) is 51.3 Å². The highest BCUT2D eigenvalue weighted by Gasteiger charge is 2.15. The molecule has 0 spiro atoms. The Balaban J connectivity index is 1.72. The third-order valence-corrected chi connectivity index (χ3v) is 6.03. The Morgan fingerprint density at radius 1 is 1.00 bits per heavy atom. The Morgan fingerprint density at radius 3 is 2.23 bits per heavy atom. The van der Waals surface area contributed by atoms with Crippen molar-refractivity contribution in [3.63, 3.8) is 0 Å². The molecule has 0 saturated carbocycles. The van der Waals surface area contributed by atoms with Gasteiger partial charge in [0.15, 0.2) is 5.96 Å². The number of guanidine groups is 1. The molecule has 1 aliphatic heterocycles. The minimum absolute atomic E-state index is 0.119. The lowest BCUT2D eigenvalue weighted by Crippen LogP contribution is -2.46. The van der Waals surface area contributed by atoms with Gasteiger partial charge in [-0.25, -0.2) is 0 Å². The second-order valence-electron chi connectivity index (χ2n) is 9.52. The van der Waals surface area contributed by atoms with Crippen LogP contribution in [0.15, 0.2) is 29.3 Å². The highest BCUT2D eigenvalue weighted by molar-refractivity contribution is 5.79. The lowest BCUT2D eigenvalue weighted by Gasteiger charge is -2.34. The van der Waals surface area contributed by atoms with Crippen molar-refractivity contribution >= 4 is 5.96 Å². The van der Waals surface area contributed by atoms with Crippen molar-refractivity contribution in [2.75, 3.05) is 58.9 Å². The summed E-state index contributed by atoms with van der Waals surface area (Å²) in [6, 6.07) is 8.24. The zero-order valence-electron chi connectivity index (χ0n) is 20.5. The van der Waals surface area contributed by atoms with Crippen LogP contribution in [0.4, 0.5) is 0 Å². The van der Waals surface area contributed by atoms with Crippen molar-refractivity contribution in [1.82, 2.24) is 20.4 Å². The molecule has 1 fully saturated rings. The number of hydrogen-bond donors (Lipinski definition) is 3. The first-order valence-electron chi connectivity index (χ1n) is 12.1. The van der Waals surface area contributed by atoms with Crippen LogP contribution in [-0.4, -0.2) is 79.8 Å². The van der Waals surface area contributed by atoms with Gasteiger partial charge < -0.3 is 25.5 Å². The molecular weight excluding hydrogens is 386 g/mol. The van der Waals surface area contributed by atoms with Gasteiger partial charge in [0.05, 0.1) is 12.6 Å². The molecule has 1 aliphatic rings. The molecular formula is C25H45N5O. The van der Waals surface area contributed by atoms with Gasteiger partial charge in [0.1, 0.15) is 0 Å². The van der Waals surface area contributed by atoms with Crippen molar-refractivity contribution in [1.29, 1.82) is 0 Å². The predicted molar refractivity (Wildman–Crippen MR) is 132 cm³/mol. The minimum atomic E-state index is -0.591. The summed E-state index contributed by atoms with van der Waals surface area (Å²) in [6.45, 7) is 20.1. The molecule has 2 rings (SSSR count). The van der Waals surface area contributed by atoms with Gasteiger partial charge in [0.2, 0.25) is 0 Å². The number of aliphatic hydroxyl groups excluding tert-OH is 1. The van der Waals surface area contributed by atoms with Crippen LogP contribution in [0, 0.1) is 0 Å². The Morgan fingerprint density at radius 2 is 1.65 bits per heavy atom. The predicted octanol–water partition coefficient (Wildman–Crippen LogP) is 2.99. The average molecular weight is 432 g/mol. The van der Waals surface area contributed by atoms with E-state index in [4.69, 9.17) is 0 Å². The molecule has 1 aromatic carbocycles. The Labute approximate surface area is 190 Å². The molecule has 0 bridgehead atoms. The molecule has 0 amide bonds. The maximum Gasteiger partial charge on any atom is 0.191 e. The standard InChI is InChI=1S/C25H45N5O/c1-6-26-24(27-14-8-9-15-30-18-16-29(7-2)17-19-30)28-20-23(31)21-10-12-22(13-11-21)25(3,4)5/h10-13,23,31H,6-9,14-20H2,1-5H3,(H2,26,27,28). The molecule has 1 aromatic rings. The molecule has 6 nitrogen and oxygen atoms in total. The van der Waals surface area contributed by atoms with Gasteiger partial charge in [-0.1, -0.05) is 52.0 Å². The SMILES string of the molecule is CCNC(=NCC(O)c1ccc(C(C)(C)C)cc1)NCCCCN1CCN(CC)CC1. The summed E-state index contributed by atoms with van der Waals surface area (Å²) in [5.74, 6) is 0.782. The molecule has 0 aromatic heterocycles. The first-order valence-corrected chi connectivity index (χ1v) is 12.1. The van der Waals surface area contributed by atoms with Crippen molar-refractivity contribution in [2.24, 2.45) is 4.99 Å². The van der Waals surface area contributed by atoms with Crippen molar-refractivity contribution in [3.8, 4) is 0 Å². The van der Waals surface area contributed by atoms with Crippen molar-refractivity contribution in [2.45, 2.75) is 59.0 Å². The van der Waals surface area contributed by atoms with Crippen LogP contribution in [0.25, 0.3) is 0 Å². The summed E-state index contributed by atoms with van der Waals surface area (Å²) in [7, 11) is 0. The molecule has 1 unspecified atom stereocenters. The van der Waals surface area contributed by atoms with Gasteiger partial charge in [-0.2, -0.15) is 0 Å². The Bertz CT molecular complexity index is 645. The summed E-state index contributed by atoms with van der Waals surface area (Å²) in [6.07, 6.45) is 1.72. The Kier molecular flexibility index (Phi) is 10.8. The van der Waals surface area contributed by atoms with Crippen LogP contribution < -0.4 is 10.6 Å². The number of aliphatic hydroxyl groups is 1. The van der Waals surface area contributed by atoms with Gasteiger partial charge >= 0.3 is 0 Å². The lowest BCUT2D eigenvalue weighted by atomic mass is 9.86. The molecule has 1 heterocycles. The van der Waals surface area contributed by atoms with Crippen molar-refractivity contribution in [3.05, 3.63) is 35.4 Å². The molecule has 31 heavy (non-hydrogen) atoms. The Hall–Kier alpha value is -1.63. The van der Waals surface area contributed by atoms with Crippen molar-refractivity contribution < 1.29 is 5.11 Å². The largest absolute Gasteiger partial charge is 0.386 e. The maximum atomic E-state index is 10.6.